The molecular weight excluding hydrogens is 719 g/mol. The number of benzene rings is 2. The van der Waals surface area contributed by atoms with E-state index in [0.29, 0.717) is 41.0 Å². The van der Waals surface area contributed by atoms with Gasteiger partial charge in [0.2, 0.25) is 11.8 Å². The molecule has 292 valence electrons. The summed E-state index contributed by atoms with van der Waals surface area (Å²) < 4.78 is 20.2. The molecule has 8 atom stereocenters. The van der Waals surface area contributed by atoms with Gasteiger partial charge < -0.3 is 40.2 Å². The number of hydrogen-bond donors (Lipinski definition) is 5. The van der Waals surface area contributed by atoms with E-state index >= 15 is 4.39 Å². The number of aromatic nitrogens is 4. The van der Waals surface area contributed by atoms with Gasteiger partial charge in [-0.15, -0.1) is 0 Å². The highest BCUT2D eigenvalue weighted by molar-refractivity contribution is 5.88. The van der Waals surface area contributed by atoms with E-state index < -0.39 is 30.1 Å². The second kappa shape index (κ2) is 14.3. The van der Waals surface area contributed by atoms with Crippen LogP contribution in [-0.4, -0.2) is 90.1 Å². The Kier molecular flexibility index (Phi) is 9.46. The zero-order valence-corrected chi connectivity index (χ0v) is 31.8. The van der Waals surface area contributed by atoms with Gasteiger partial charge in [-0.2, -0.15) is 0 Å². The molecule has 2 saturated carbocycles. The van der Waals surface area contributed by atoms with Crippen LogP contribution in [-0.2, 0) is 14.3 Å². The monoisotopic (exact) mass is 764 g/mol. The molecular formula is C41H45FN8O6. The first-order chi connectivity index (χ1) is 26.8. The van der Waals surface area contributed by atoms with Gasteiger partial charge in [0.1, 0.15) is 29.2 Å². The molecule has 0 radical (unpaired) electrons. The molecule has 15 heteroatoms. The highest BCUT2D eigenvalue weighted by atomic mass is 19.1. The van der Waals surface area contributed by atoms with Crippen LogP contribution in [0.25, 0.3) is 22.3 Å². The first-order valence-corrected chi connectivity index (χ1v) is 19.2. The predicted octanol–water partition coefficient (Wildman–Crippen LogP) is 5.49. The molecule has 4 fully saturated rings. The summed E-state index contributed by atoms with van der Waals surface area (Å²) in [5, 5.41) is 14.4. The molecule has 4 aliphatic rings. The van der Waals surface area contributed by atoms with Gasteiger partial charge in [0.25, 0.3) is 0 Å². The van der Waals surface area contributed by atoms with Gasteiger partial charge in [-0.05, 0) is 79.2 Å². The quantitative estimate of drug-likeness (QED) is 0.139. The van der Waals surface area contributed by atoms with E-state index in [9.17, 15) is 24.3 Å². The summed E-state index contributed by atoms with van der Waals surface area (Å²) in [6.45, 7) is 7.38. The summed E-state index contributed by atoms with van der Waals surface area (Å²) in [5.74, 6) is 6.75. The highest BCUT2D eigenvalue weighted by Crippen LogP contribution is 2.54. The second-order valence-corrected chi connectivity index (χ2v) is 16.1. The largest absolute Gasteiger partial charge is 0.465 e. The lowest BCUT2D eigenvalue weighted by atomic mass is 10.0. The summed E-state index contributed by atoms with van der Waals surface area (Å²) in [6, 6.07) is 8.59. The van der Waals surface area contributed by atoms with Crippen molar-refractivity contribution in [1.29, 1.82) is 0 Å². The third-order valence-electron chi connectivity index (χ3n) is 11.7. The van der Waals surface area contributed by atoms with Crippen molar-refractivity contribution in [2.75, 3.05) is 7.11 Å². The Bertz CT molecular complexity index is 2270. The van der Waals surface area contributed by atoms with E-state index in [1.165, 1.54) is 13.2 Å². The van der Waals surface area contributed by atoms with Gasteiger partial charge >= 0.3 is 12.2 Å². The number of nitrogens with zero attached hydrogens (tertiary/aromatic N) is 4. The number of fused-ring (bicyclic) bond motifs is 3. The Hall–Kier alpha value is -5.91. The third kappa shape index (κ3) is 6.93. The van der Waals surface area contributed by atoms with Crippen LogP contribution in [0.3, 0.4) is 0 Å². The number of imidazole rings is 2. The number of hydrogen-bond acceptors (Lipinski definition) is 7. The van der Waals surface area contributed by atoms with E-state index in [1.54, 1.807) is 17.2 Å². The van der Waals surface area contributed by atoms with E-state index in [-0.39, 0.29) is 53.3 Å². The molecule has 14 nitrogen and oxygen atoms in total. The molecule has 56 heavy (non-hydrogen) atoms. The third-order valence-corrected chi connectivity index (χ3v) is 11.7. The summed E-state index contributed by atoms with van der Waals surface area (Å²) in [5.41, 5.74) is 3.49. The summed E-state index contributed by atoms with van der Waals surface area (Å²) in [4.78, 5) is 70.3. The van der Waals surface area contributed by atoms with Crippen LogP contribution in [0, 0.1) is 41.3 Å². The standard InChI is InChI=1S/C41H45FN8O6/c1-19(2)33(47-40(53)54)38(51)49-29-14-24(29)16-31(49)36-43-18-28(45-36)23-10-8-21(9-11-23)6-7-22-12-26(42)35-27(13-22)44-37(46-35)32-17-25-15-30(25)50(32)39(52)34(20(3)4)48-41(55)56-5/h8-13,18-20,24-25,29-34,47H,14-17H2,1-5H3,(H,43,45)(H,44,46)(H,48,55)(H,53,54)/t24-,25+,29-,30-,31+,32+,33+,34+/m1/s1. The fraction of sp³-hybridized carbons (Fsp3) is 0.463. The maximum atomic E-state index is 15.5. The van der Waals surface area contributed by atoms with Crippen molar-refractivity contribution >= 4 is 35.0 Å². The van der Waals surface area contributed by atoms with Crippen molar-refractivity contribution in [3.8, 4) is 23.1 Å². The first kappa shape index (κ1) is 37.0. The number of H-pyrrole nitrogens is 2. The lowest BCUT2D eigenvalue weighted by molar-refractivity contribution is -0.137. The maximum Gasteiger partial charge on any atom is 0.407 e. The average Bonchev–Trinajstić information content (AvgIpc) is 3.78. The van der Waals surface area contributed by atoms with E-state index in [4.69, 9.17) is 4.74 Å². The molecule has 2 aromatic carbocycles. The number of alkyl carbamates (subject to hydrolysis) is 1. The molecule has 2 aliphatic heterocycles. The number of carboxylic acid groups (broad SMARTS) is 1. The van der Waals surface area contributed by atoms with Crippen molar-refractivity contribution in [3.63, 3.8) is 0 Å². The Balaban J connectivity index is 0.965. The first-order valence-electron chi connectivity index (χ1n) is 19.2. The zero-order chi connectivity index (χ0) is 39.6. The number of piperidine rings is 2. The van der Waals surface area contributed by atoms with E-state index in [2.05, 4.69) is 42.4 Å². The molecule has 8 rings (SSSR count). The van der Waals surface area contributed by atoms with Gasteiger partial charge in [0.15, 0.2) is 5.82 Å². The lowest BCUT2D eigenvalue weighted by Crippen LogP contribution is -2.52. The van der Waals surface area contributed by atoms with Gasteiger partial charge in [-0.1, -0.05) is 51.7 Å². The summed E-state index contributed by atoms with van der Waals surface area (Å²) in [7, 11) is 1.26. The normalized spacial score (nSPS) is 24.3. The fourth-order valence-electron chi connectivity index (χ4n) is 8.56. The number of rotatable bonds is 9. The minimum absolute atomic E-state index is 0.0560. The Morgan fingerprint density at radius 1 is 0.839 bits per heavy atom. The SMILES string of the molecule is COC(=O)N[C@H](C(=O)N1[C@@H]2C[C@H]2C[C@H]1c1nc2c(F)cc(C#Cc3ccc(-c4cnc([C@@H]5C[C@H]6C[C@H]6N5C(=O)[C@@H](NC(=O)O)C(C)C)[nH]4)cc3)cc2[nH]1)C(C)C. The molecule has 4 heterocycles. The number of ether oxygens (including phenoxy) is 1. The molecule has 0 spiro atoms. The molecule has 0 unspecified atom stereocenters. The van der Waals surface area contributed by atoms with Crippen LogP contribution in [0.15, 0.2) is 42.6 Å². The Labute approximate surface area is 323 Å². The number of carbonyl (C=O) groups excluding carboxylic acids is 3. The molecule has 4 amide bonds. The maximum absolute atomic E-state index is 15.5. The number of halogens is 1. The molecule has 2 aliphatic carbocycles. The van der Waals surface area contributed by atoms with Crippen LogP contribution < -0.4 is 10.6 Å². The number of amides is 4. The zero-order valence-electron chi connectivity index (χ0n) is 31.8. The molecule has 2 aromatic heterocycles. The van der Waals surface area contributed by atoms with Gasteiger partial charge in [-0.3, -0.25) is 9.59 Å². The number of nitrogens with one attached hydrogen (secondary N) is 4. The summed E-state index contributed by atoms with van der Waals surface area (Å²) in [6.07, 6.45) is 3.13. The van der Waals surface area contributed by atoms with Gasteiger partial charge in [0.05, 0.1) is 36.6 Å². The Morgan fingerprint density at radius 3 is 2.02 bits per heavy atom. The number of carbonyl (C=O) groups is 4. The van der Waals surface area contributed by atoms with Crippen LogP contribution in [0.4, 0.5) is 14.0 Å². The van der Waals surface area contributed by atoms with Gasteiger partial charge in [-0.25, -0.2) is 23.9 Å². The van der Waals surface area contributed by atoms with Crippen molar-refractivity contribution in [1.82, 2.24) is 40.4 Å². The smallest absolute Gasteiger partial charge is 0.407 e. The molecule has 0 bridgehead atoms. The van der Waals surface area contributed by atoms with Gasteiger partial charge in [0, 0.05) is 23.2 Å². The van der Waals surface area contributed by atoms with E-state index in [0.717, 1.165) is 36.1 Å². The Morgan fingerprint density at radius 2 is 1.43 bits per heavy atom. The van der Waals surface area contributed by atoms with E-state index in [1.807, 2.05) is 56.9 Å². The lowest BCUT2D eigenvalue weighted by Gasteiger charge is -2.31. The van der Waals surface area contributed by atoms with Crippen LogP contribution >= 0.6 is 0 Å². The van der Waals surface area contributed by atoms with Crippen molar-refractivity contribution in [3.05, 3.63) is 71.2 Å². The minimum atomic E-state index is -1.22. The average molecular weight is 765 g/mol. The van der Waals surface area contributed by atoms with Crippen molar-refractivity contribution < 1.29 is 33.4 Å². The molecule has 4 aromatic rings. The molecule has 5 N–H and O–H groups in total. The van der Waals surface area contributed by atoms with Crippen LogP contribution in [0.5, 0.6) is 0 Å². The number of likely N-dealkylation sites (tertiary alicyclic amines) is 2. The van der Waals surface area contributed by atoms with Crippen molar-refractivity contribution in [2.24, 2.45) is 23.7 Å². The predicted molar refractivity (Wildman–Crippen MR) is 202 cm³/mol. The fourth-order valence-corrected chi connectivity index (χ4v) is 8.56. The molecule has 2 saturated heterocycles. The second-order valence-electron chi connectivity index (χ2n) is 16.1. The van der Waals surface area contributed by atoms with Crippen LogP contribution in [0.1, 0.15) is 88.2 Å². The number of aromatic amines is 2. The summed E-state index contributed by atoms with van der Waals surface area (Å²) >= 11 is 0. The van der Waals surface area contributed by atoms with Crippen molar-refractivity contribution in [2.45, 2.75) is 89.6 Å². The van der Waals surface area contributed by atoms with Crippen LogP contribution in [0.2, 0.25) is 0 Å². The highest BCUT2D eigenvalue weighted by Gasteiger charge is 2.57. The number of methoxy groups -OCH3 is 1. The minimum Gasteiger partial charge on any atom is -0.465 e. The topological polar surface area (TPSA) is 186 Å².